The van der Waals surface area contributed by atoms with Gasteiger partial charge in [-0.2, -0.15) is 0 Å². The van der Waals surface area contributed by atoms with Crippen LogP contribution in [0.4, 0.5) is 11.4 Å². The highest BCUT2D eigenvalue weighted by atomic mass is 16.6. The third kappa shape index (κ3) is 3.51. The standard InChI is InChI=1S/C15H20N2O4/c1-10-5-3-4-6-13(10)16-14-8-7-11(17(19)20)9-12(14)15(18)21-2/h7-10,13,16H,3-6H2,1-2H3/t10-,13+/m0/s1. The molecule has 6 heteroatoms. The summed E-state index contributed by atoms with van der Waals surface area (Å²) in [6.07, 6.45) is 4.57. The zero-order chi connectivity index (χ0) is 15.4. The Kier molecular flexibility index (Phi) is 4.77. The Hall–Kier alpha value is -2.11. The number of hydrogen-bond acceptors (Lipinski definition) is 5. The molecule has 0 aliphatic heterocycles. The van der Waals surface area contributed by atoms with Crippen LogP contribution in [0.25, 0.3) is 0 Å². The van der Waals surface area contributed by atoms with Crippen LogP contribution in [0.1, 0.15) is 43.0 Å². The molecule has 2 atom stereocenters. The van der Waals surface area contributed by atoms with E-state index in [-0.39, 0.29) is 17.3 Å². The highest BCUT2D eigenvalue weighted by molar-refractivity contribution is 5.96. The van der Waals surface area contributed by atoms with Crippen LogP contribution >= 0.6 is 0 Å². The molecular formula is C15H20N2O4. The molecule has 114 valence electrons. The van der Waals surface area contributed by atoms with Gasteiger partial charge in [0.15, 0.2) is 0 Å². The highest BCUT2D eigenvalue weighted by Gasteiger charge is 2.24. The topological polar surface area (TPSA) is 81.5 Å². The summed E-state index contributed by atoms with van der Waals surface area (Å²) in [5.41, 5.74) is 0.702. The lowest BCUT2D eigenvalue weighted by Gasteiger charge is -2.30. The van der Waals surface area contributed by atoms with Crippen molar-refractivity contribution in [2.24, 2.45) is 5.92 Å². The van der Waals surface area contributed by atoms with Crippen LogP contribution in [0.2, 0.25) is 0 Å². The number of nitro benzene ring substituents is 1. The van der Waals surface area contributed by atoms with Crippen LogP contribution < -0.4 is 5.32 Å². The second-order valence-electron chi connectivity index (χ2n) is 5.49. The van der Waals surface area contributed by atoms with Crippen LogP contribution in [0.5, 0.6) is 0 Å². The fraction of sp³-hybridized carbons (Fsp3) is 0.533. The van der Waals surface area contributed by atoms with Crippen molar-refractivity contribution in [3.63, 3.8) is 0 Å². The van der Waals surface area contributed by atoms with Gasteiger partial charge < -0.3 is 10.1 Å². The van der Waals surface area contributed by atoms with Crippen LogP contribution in [-0.4, -0.2) is 24.0 Å². The molecule has 1 aromatic rings. The van der Waals surface area contributed by atoms with Crippen molar-refractivity contribution >= 4 is 17.3 Å². The highest BCUT2D eigenvalue weighted by Crippen LogP contribution is 2.29. The number of rotatable bonds is 4. The molecule has 1 saturated carbocycles. The largest absolute Gasteiger partial charge is 0.465 e. The molecule has 1 aromatic carbocycles. The molecular weight excluding hydrogens is 272 g/mol. The van der Waals surface area contributed by atoms with Gasteiger partial charge in [0.2, 0.25) is 0 Å². The Balaban J connectivity index is 2.29. The Labute approximate surface area is 123 Å². The minimum absolute atomic E-state index is 0.113. The first-order chi connectivity index (χ1) is 10.0. The number of nitrogens with one attached hydrogen (secondary N) is 1. The number of nitro groups is 1. The Morgan fingerprint density at radius 1 is 1.38 bits per heavy atom. The van der Waals surface area contributed by atoms with E-state index < -0.39 is 10.9 Å². The molecule has 0 unspecified atom stereocenters. The molecule has 1 aliphatic carbocycles. The predicted octanol–water partition coefficient (Wildman–Crippen LogP) is 3.37. The normalized spacial score (nSPS) is 21.6. The van der Waals surface area contributed by atoms with Crippen LogP contribution in [-0.2, 0) is 4.74 Å². The van der Waals surface area contributed by atoms with E-state index in [1.54, 1.807) is 6.07 Å². The second-order valence-corrected chi connectivity index (χ2v) is 5.49. The predicted molar refractivity (Wildman–Crippen MR) is 79.5 cm³/mol. The van der Waals surface area contributed by atoms with Gasteiger partial charge in [0.25, 0.3) is 5.69 Å². The van der Waals surface area contributed by atoms with E-state index in [0.29, 0.717) is 11.6 Å². The number of esters is 1. The number of non-ortho nitro benzene ring substituents is 1. The first-order valence-electron chi connectivity index (χ1n) is 7.16. The number of benzene rings is 1. The van der Waals surface area contributed by atoms with Gasteiger partial charge in [-0.25, -0.2) is 4.79 Å². The lowest BCUT2D eigenvalue weighted by Crippen LogP contribution is -2.31. The molecule has 0 spiro atoms. The molecule has 1 fully saturated rings. The monoisotopic (exact) mass is 292 g/mol. The smallest absolute Gasteiger partial charge is 0.340 e. The number of anilines is 1. The average molecular weight is 292 g/mol. The van der Waals surface area contributed by atoms with Crippen molar-refractivity contribution in [2.75, 3.05) is 12.4 Å². The summed E-state index contributed by atoms with van der Waals surface area (Å²) in [6, 6.07) is 4.54. The lowest BCUT2D eigenvalue weighted by molar-refractivity contribution is -0.384. The van der Waals surface area contributed by atoms with E-state index >= 15 is 0 Å². The molecule has 2 rings (SSSR count). The summed E-state index contributed by atoms with van der Waals surface area (Å²) in [4.78, 5) is 22.2. The zero-order valence-electron chi connectivity index (χ0n) is 12.3. The molecule has 0 aromatic heterocycles. The number of nitrogens with zero attached hydrogens (tertiary/aromatic N) is 1. The van der Waals surface area contributed by atoms with Crippen LogP contribution in [0, 0.1) is 16.0 Å². The molecule has 0 amide bonds. The van der Waals surface area contributed by atoms with Gasteiger partial charge >= 0.3 is 5.97 Å². The lowest BCUT2D eigenvalue weighted by atomic mass is 9.85. The number of hydrogen-bond donors (Lipinski definition) is 1. The molecule has 0 bridgehead atoms. The van der Waals surface area contributed by atoms with Crippen molar-refractivity contribution in [2.45, 2.75) is 38.6 Å². The molecule has 1 aliphatic rings. The average Bonchev–Trinajstić information content (AvgIpc) is 2.49. The van der Waals surface area contributed by atoms with Gasteiger partial charge in [-0.15, -0.1) is 0 Å². The molecule has 21 heavy (non-hydrogen) atoms. The third-order valence-corrected chi connectivity index (χ3v) is 4.07. The summed E-state index contributed by atoms with van der Waals surface area (Å²) in [6.45, 7) is 2.18. The van der Waals surface area contributed by atoms with Crippen LogP contribution in [0.3, 0.4) is 0 Å². The number of carbonyl (C=O) groups is 1. The fourth-order valence-electron chi connectivity index (χ4n) is 2.78. The van der Waals surface area contributed by atoms with E-state index in [1.807, 2.05) is 0 Å². The third-order valence-electron chi connectivity index (χ3n) is 4.07. The minimum atomic E-state index is -0.565. The van der Waals surface area contributed by atoms with Gasteiger partial charge in [-0.05, 0) is 24.8 Å². The number of methoxy groups -OCH3 is 1. The molecule has 1 N–H and O–H groups in total. The summed E-state index contributed by atoms with van der Waals surface area (Å²) in [7, 11) is 1.27. The Bertz CT molecular complexity index is 544. The van der Waals surface area contributed by atoms with Crippen molar-refractivity contribution in [1.82, 2.24) is 0 Å². The van der Waals surface area contributed by atoms with E-state index in [2.05, 4.69) is 12.2 Å². The maximum absolute atomic E-state index is 11.8. The summed E-state index contributed by atoms with van der Waals surface area (Å²) < 4.78 is 4.73. The van der Waals surface area contributed by atoms with E-state index in [4.69, 9.17) is 4.74 Å². The fourth-order valence-corrected chi connectivity index (χ4v) is 2.78. The van der Waals surface area contributed by atoms with E-state index in [0.717, 1.165) is 19.3 Å². The van der Waals surface area contributed by atoms with Crippen molar-refractivity contribution < 1.29 is 14.5 Å². The maximum Gasteiger partial charge on any atom is 0.340 e. The van der Waals surface area contributed by atoms with Gasteiger partial charge in [0.05, 0.1) is 17.6 Å². The second kappa shape index (κ2) is 6.56. The summed E-state index contributed by atoms with van der Waals surface area (Å²) in [5, 5.41) is 14.2. The first kappa shape index (κ1) is 15.3. The quantitative estimate of drug-likeness (QED) is 0.522. The Morgan fingerprint density at radius 3 is 2.71 bits per heavy atom. The molecule has 0 saturated heterocycles. The van der Waals surface area contributed by atoms with Crippen LogP contribution in [0.15, 0.2) is 18.2 Å². The number of carbonyl (C=O) groups excluding carboxylic acids is 1. The van der Waals surface area contributed by atoms with Gasteiger partial charge in [-0.3, -0.25) is 10.1 Å². The minimum Gasteiger partial charge on any atom is -0.465 e. The molecule has 6 nitrogen and oxygen atoms in total. The van der Waals surface area contributed by atoms with Crippen molar-refractivity contribution in [3.8, 4) is 0 Å². The molecule has 0 radical (unpaired) electrons. The molecule has 0 heterocycles. The summed E-state index contributed by atoms with van der Waals surface area (Å²) in [5.74, 6) is -0.0518. The van der Waals surface area contributed by atoms with E-state index in [9.17, 15) is 14.9 Å². The zero-order valence-corrected chi connectivity index (χ0v) is 12.3. The summed E-state index contributed by atoms with van der Waals surface area (Å²) >= 11 is 0. The SMILES string of the molecule is COC(=O)c1cc([N+](=O)[O-])ccc1N[C@@H]1CCCC[C@@H]1C. The van der Waals surface area contributed by atoms with Gasteiger partial charge in [0.1, 0.15) is 0 Å². The number of ether oxygens (including phenoxy) is 1. The van der Waals surface area contributed by atoms with Crippen molar-refractivity contribution in [3.05, 3.63) is 33.9 Å². The Morgan fingerprint density at radius 2 is 2.10 bits per heavy atom. The maximum atomic E-state index is 11.8. The van der Waals surface area contributed by atoms with E-state index in [1.165, 1.54) is 25.7 Å². The van der Waals surface area contributed by atoms with Crippen molar-refractivity contribution in [1.29, 1.82) is 0 Å². The van der Waals surface area contributed by atoms with Gasteiger partial charge in [0, 0.05) is 23.9 Å². The first-order valence-corrected chi connectivity index (χ1v) is 7.16. The van der Waals surface area contributed by atoms with Gasteiger partial charge in [-0.1, -0.05) is 19.8 Å².